The summed E-state index contributed by atoms with van der Waals surface area (Å²) in [7, 11) is 0. The lowest BCUT2D eigenvalue weighted by atomic mass is 10.2. The molecule has 6 heteroatoms. The van der Waals surface area contributed by atoms with Gasteiger partial charge in [0.1, 0.15) is 18.0 Å². The largest absolute Gasteiger partial charge is 0.364 e. The number of anilines is 3. The zero-order valence-corrected chi connectivity index (χ0v) is 12.3. The Kier molecular flexibility index (Phi) is 4.41. The number of benzene rings is 1. The highest BCUT2D eigenvalue weighted by atomic mass is 15.1. The maximum atomic E-state index is 8.93. The second kappa shape index (κ2) is 7.00. The molecule has 0 fully saturated rings. The van der Waals surface area contributed by atoms with Gasteiger partial charge in [-0.25, -0.2) is 9.97 Å². The Morgan fingerprint density at radius 3 is 2.70 bits per heavy atom. The third kappa shape index (κ3) is 4.02. The molecular weight excluding hydrogens is 288 g/mol. The van der Waals surface area contributed by atoms with Gasteiger partial charge in [0.2, 0.25) is 0 Å². The second-order valence-corrected chi connectivity index (χ2v) is 4.78. The van der Waals surface area contributed by atoms with E-state index < -0.39 is 0 Å². The van der Waals surface area contributed by atoms with E-state index >= 15 is 0 Å². The first-order valence-corrected chi connectivity index (χ1v) is 7.06. The predicted octanol–water partition coefficient (Wildman–Crippen LogP) is 3.10. The van der Waals surface area contributed by atoms with Crippen LogP contribution in [0.25, 0.3) is 0 Å². The molecule has 2 heterocycles. The Labute approximate surface area is 133 Å². The molecule has 112 valence electrons. The highest BCUT2D eigenvalue weighted by molar-refractivity contribution is 5.60. The molecular formula is C17H14N6. The molecule has 0 bridgehead atoms. The van der Waals surface area contributed by atoms with Crippen molar-refractivity contribution in [2.75, 3.05) is 10.6 Å². The lowest BCUT2D eigenvalue weighted by Crippen LogP contribution is -2.04. The molecule has 0 saturated heterocycles. The highest BCUT2D eigenvalue weighted by Crippen LogP contribution is 2.17. The van der Waals surface area contributed by atoms with E-state index in [9.17, 15) is 0 Å². The topological polar surface area (TPSA) is 86.5 Å². The van der Waals surface area contributed by atoms with Crippen LogP contribution in [-0.4, -0.2) is 15.0 Å². The molecule has 0 aliphatic heterocycles. The lowest BCUT2D eigenvalue weighted by Gasteiger charge is -2.08. The van der Waals surface area contributed by atoms with Crippen LogP contribution in [0.15, 0.2) is 61.1 Å². The number of hydrogen-bond donors (Lipinski definition) is 2. The summed E-state index contributed by atoms with van der Waals surface area (Å²) >= 11 is 0. The summed E-state index contributed by atoms with van der Waals surface area (Å²) in [5.41, 5.74) is 2.33. The number of rotatable bonds is 5. The van der Waals surface area contributed by atoms with Crippen molar-refractivity contribution >= 4 is 17.3 Å². The van der Waals surface area contributed by atoms with E-state index in [0.717, 1.165) is 11.4 Å². The summed E-state index contributed by atoms with van der Waals surface area (Å²) in [6, 6.07) is 16.9. The van der Waals surface area contributed by atoms with Crippen molar-refractivity contribution in [3.05, 3.63) is 72.3 Å². The summed E-state index contributed by atoms with van der Waals surface area (Å²) in [5, 5.41) is 15.3. The van der Waals surface area contributed by atoms with Crippen LogP contribution in [0.1, 0.15) is 11.3 Å². The first-order chi connectivity index (χ1) is 11.3. The van der Waals surface area contributed by atoms with Gasteiger partial charge >= 0.3 is 0 Å². The molecule has 0 radical (unpaired) electrons. The van der Waals surface area contributed by atoms with E-state index in [1.54, 1.807) is 18.3 Å². The third-order valence-corrected chi connectivity index (χ3v) is 3.11. The summed E-state index contributed by atoms with van der Waals surface area (Å²) < 4.78 is 0. The number of nitrogens with zero attached hydrogens (tertiary/aromatic N) is 4. The zero-order chi connectivity index (χ0) is 15.9. The van der Waals surface area contributed by atoms with E-state index in [1.165, 1.54) is 6.33 Å². The molecule has 1 aromatic carbocycles. The average molecular weight is 302 g/mol. The Balaban J connectivity index is 1.68. The maximum absolute atomic E-state index is 8.93. The first-order valence-electron chi connectivity index (χ1n) is 7.06. The number of nitrogens with one attached hydrogen (secondary N) is 2. The van der Waals surface area contributed by atoms with Crippen molar-refractivity contribution in [1.82, 2.24) is 15.0 Å². The van der Waals surface area contributed by atoms with Crippen molar-refractivity contribution < 1.29 is 0 Å². The van der Waals surface area contributed by atoms with Crippen molar-refractivity contribution in [1.29, 1.82) is 5.26 Å². The molecule has 3 aromatic rings. The fourth-order valence-corrected chi connectivity index (χ4v) is 2.02. The summed E-state index contributed by atoms with van der Waals surface area (Å²) in [4.78, 5) is 12.6. The van der Waals surface area contributed by atoms with E-state index in [0.29, 0.717) is 23.7 Å². The Morgan fingerprint density at radius 1 is 0.957 bits per heavy atom. The smallest absolute Gasteiger partial charge is 0.135 e. The van der Waals surface area contributed by atoms with Crippen LogP contribution in [0.4, 0.5) is 17.3 Å². The standard InChI is InChI=1S/C17H14N6/c18-10-13-4-3-6-14(8-13)23-17-9-16(21-12-22-17)20-11-15-5-1-2-7-19-15/h1-9,12H,11H2,(H2,20,21,22,23). The van der Waals surface area contributed by atoms with Gasteiger partial charge in [0.25, 0.3) is 0 Å². The Bertz CT molecular complexity index is 826. The van der Waals surface area contributed by atoms with Crippen molar-refractivity contribution in [3.8, 4) is 6.07 Å². The van der Waals surface area contributed by atoms with Gasteiger partial charge in [0.15, 0.2) is 0 Å². The maximum Gasteiger partial charge on any atom is 0.135 e. The number of hydrogen-bond acceptors (Lipinski definition) is 6. The van der Waals surface area contributed by atoms with Crippen LogP contribution >= 0.6 is 0 Å². The van der Waals surface area contributed by atoms with Gasteiger partial charge in [-0.1, -0.05) is 12.1 Å². The first kappa shape index (κ1) is 14.5. The van der Waals surface area contributed by atoms with Crippen LogP contribution in [-0.2, 0) is 6.54 Å². The summed E-state index contributed by atoms with van der Waals surface area (Å²) in [6.07, 6.45) is 3.24. The number of nitriles is 1. The fraction of sp³-hybridized carbons (Fsp3) is 0.0588. The SMILES string of the molecule is N#Cc1cccc(Nc2cc(NCc3ccccn3)ncn2)c1. The van der Waals surface area contributed by atoms with Crippen LogP contribution in [0, 0.1) is 11.3 Å². The molecule has 0 atom stereocenters. The molecule has 6 nitrogen and oxygen atoms in total. The zero-order valence-electron chi connectivity index (χ0n) is 12.3. The molecule has 3 rings (SSSR count). The minimum absolute atomic E-state index is 0.585. The van der Waals surface area contributed by atoms with E-state index in [1.807, 2.05) is 36.4 Å². The van der Waals surface area contributed by atoms with Crippen molar-refractivity contribution in [2.45, 2.75) is 6.54 Å². The van der Waals surface area contributed by atoms with Crippen molar-refractivity contribution in [2.24, 2.45) is 0 Å². The van der Waals surface area contributed by atoms with E-state index in [2.05, 4.69) is 31.7 Å². The molecule has 0 aliphatic rings. The fourth-order valence-electron chi connectivity index (χ4n) is 2.02. The van der Waals surface area contributed by atoms with Crippen LogP contribution in [0.3, 0.4) is 0 Å². The molecule has 0 unspecified atom stereocenters. The molecule has 0 spiro atoms. The molecule has 2 N–H and O–H groups in total. The molecule has 23 heavy (non-hydrogen) atoms. The van der Waals surface area contributed by atoms with E-state index in [4.69, 9.17) is 5.26 Å². The van der Waals surface area contributed by atoms with Gasteiger partial charge in [0, 0.05) is 18.0 Å². The van der Waals surface area contributed by atoms with Crippen LogP contribution in [0.5, 0.6) is 0 Å². The van der Waals surface area contributed by atoms with Crippen LogP contribution < -0.4 is 10.6 Å². The Hall–Kier alpha value is -3.46. The molecule has 0 amide bonds. The van der Waals surface area contributed by atoms with Gasteiger partial charge in [-0.2, -0.15) is 5.26 Å². The normalized spacial score (nSPS) is 9.87. The van der Waals surface area contributed by atoms with Crippen molar-refractivity contribution in [3.63, 3.8) is 0 Å². The lowest BCUT2D eigenvalue weighted by molar-refractivity contribution is 1.02. The Morgan fingerprint density at radius 2 is 1.87 bits per heavy atom. The van der Waals surface area contributed by atoms with Gasteiger partial charge in [-0.3, -0.25) is 4.98 Å². The van der Waals surface area contributed by atoms with Gasteiger partial charge in [0.05, 0.1) is 23.9 Å². The van der Waals surface area contributed by atoms with Gasteiger partial charge in [-0.05, 0) is 30.3 Å². The molecule has 0 aliphatic carbocycles. The second-order valence-electron chi connectivity index (χ2n) is 4.78. The highest BCUT2D eigenvalue weighted by Gasteiger charge is 2.01. The molecule has 0 saturated carbocycles. The average Bonchev–Trinajstić information content (AvgIpc) is 2.61. The molecule has 2 aromatic heterocycles. The van der Waals surface area contributed by atoms with Gasteiger partial charge < -0.3 is 10.6 Å². The summed E-state index contributed by atoms with van der Waals surface area (Å²) in [5.74, 6) is 1.35. The quantitative estimate of drug-likeness (QED) is 0.753. The van der Waals surface area contributed by atoms with Crippen LogP contribution in [0.2, 0.25) is 0 Å². The number of pyridine rings is 1. The van der Waals surface area contributed by atoms with E-state index in [-0.39, 0.29) is 0 Å². The third-order valence-electron chi connectivity index (χ3n) is 3.11. The minimum Gasteiger partial charge on any atom is -0.364 e. The number of aromatic nitrogens is 3. The predicted molar refractivity (Wildman–Crippen MR) is 88.0 cm³/mol. The minimum atomic E-state index is 0.585. The van der Waals surface area contributed by atoms with Gasteiger partial charge in [-0.15, -0.1) is 0 Å². The monoisotopic (exact) mass is 302 g/mol. The summed E-state index contributed by atoms with van der Waals surface area (Å²) in [6.45, 7) is 0.585.